The normalized spacial score (nSPS) is 16.0. The number of likely N-dealkylation sites (tertiary alicyclic amines) is 1. The summed E-state index contributed by atoms with van der Waals surface area (Å²) in [6.07, 6.45) is 0.0724. The van der Waals surface area contributed by atoms with Crippen LogP contribution >= 0.6 is 0 Å². The molecule has 0 aliphatic carbocycles. The Balaban J connectivity index is 1.44. The van der Waals surface area contributed by atoms with Crippen molar-refractivity contribution in [3.8, 4) is 17.2 Å². The van der Waals surface area contributed by atoms with Gasteiger partial charge in [-0.05, 0) is 36.8 Å². The summed E-state index contributed by atoms with van der Waals surface area (Å²) >= 11 is 0. The first kappa shape index (κ1) is 20.5. The van der Waals surface area contributed by atoms with Gasteiger partial charge in [0, 0.05) is 19.5 Å². The summed E-state index contributed by atoms with van der Waals surface area (Å²) in [5.74, 6) is 0.437. The highest BCUT2D eigenvalue weighted by molar-refractivity contribution is 5.86. The molecule has 1 amide bonds. The van der Waals surface area contributed by atoms with Crippen LogP contribution in [-0.4, -0.2) is 48.2 Å². The van der Waals surface area contributed by atoms with E-state index in [2.05, 4.69) is 0 Å². The predicted molar refractivity (Wildman–Crippen MR) is 106 cm³/mol. The van der Waals surface area contributed by atoms with Gasteiger partial charge in [-0.3, -0.25) is 9.59 Å². The fourth-order valence-electron chi connectivity index (χ4n) is 3.16. The van der Waals surface area contributed by atoms with Gasteiger partial charge in [0.25, 0.3) is 0 Å². The Morgan fingerprint density at radius 2 is 1.69 bits per heavy atom. The molecule has 1 aliphatic heterocycles. The van der Waals surface area contributed by atoms with E-state index < -0.39 is 11.9 Å². The van der Waals surface area contributed by atoms with Crippen molar-refractivity contribution in [3.05, 3.63) is 54.1 Å². The van der Waals surface area contributed by atoms with E-state index in [1.54, 1.807) is 4.90 Å². The first-order chi connectivity index (χ1) is 14.1. The SMILES string of the molecule is CCOc1ccccc1OCCOc1ccc(CN2CC(C(=O)O)CC2=O)cc1. The Kier molecular flexibility index (Phi) is 6.94. The molecule has 3 rings (SSSR count). The zero-order valence-corrected chi connectivity index (χ0v) is 16.4. The fraction of sp³-hybridized carbons (Fsp3) is 0.364. The van der Waals surface area contributed by atoms with Crippen molar-refractivity contribution in [1.82, 2.24) is 4.90 Å². The van der Waals surface area contributed by atoms with E-state index in [1.807, 2.05) is 55.5 Å². The molecule has 0 bridgehead atoms. The van der Waals surface area contributed by atoms with Crippen molar-refractivity contribution in [2.45, 2.75) is 19.9 Å². The number of amides is 1. The van der Waals surface area contributed by atoms with Crippen molar-refractivity contribution >= 4 is 11.9 Å². The van der Waals surface area contributed by atoms with E-state index in [-0.39, 0.29) is 18.9 Å². The smallest absolute Gasteiger partial charge is 0.308 e. The van der Waals surface area contributed by atoms with Gasteiger partial charge in [0.2, 0.25) is 5.91 Å². The number of carbonyl (C=O) groups is 2. The van der Waals surface area contributed by atoms with Crippen molar-refractivity contribution in [1.29, 1.82) is 0 Å². The monoisotopic (exact) mass is 399 g/mol. The number of carbonyl (C=O) groups excluding carboxylic acids is 1. The van der Waals surface area contributed by atoms with Crippen LogP contribution in [0.5, 0.6) is 17.2 Å². The Bertz CT molecular complexity index is 835. The molecule has 1 atom stereocenters. The van der Waals surface area contributed by atoms with E-state index >= 15 is 0 Å². The molecule has 29 heavy (non-hydrogen) atoms. The molecule has 1 aliphatic rings. The third kappa shape index (κ3) is 5.63. The Labute approximate surface area is 169 Å². The molecular formula is C22H25NO6. The molecule has 0 radical (unpaired) electrons. The first-order valence-corrected chi connectivity index (χ1v) is 9.63. The number of hydrogen-bond donors (Lipinski definition) is 1. The van der Waals surface area contributed by atoms with Crippen LogP contribution in [0.2, 0.25) is 0 Å². The van der Waals surface area contributed by atoms with Gasteiger partial charge in [-0.15, -0.1) is 0 Å². The zero-order chi connectivity index (χ0) is 20.6. The molecule has 1 saturated heterocycles. The third-order valence-electron chi connectivity index (χ3n) is 4.62. The van der Waals surface area contributed by atoms with Crippen LogP contribution in [0, 0.1) is 5.92 Å². The lowest BCUT2D eigenvalue weighted by molar-refractivity contribution is -0.141. The number of aliphatic carboxylic acids is 1. The van der Waals surface area contributed by atoms with Crippen LogP contribution in [0.4, 0.5) is 0 Å². The van der Waals surface area contributed by atoms with E-state index in [9.17, 15) is 9.59 Å². The molecule has 1 heterocycles. The van der Waals surface area contributed by atoms with Crippen molar-refractivity contribution < 1.29 is 28.9 Å². The summed E-state index contributed by atoms with van der Waals surface area (Å²) in [7, 11) is 0. The van der Waals surface area contributed by atoms with Gasteiger partial charge in [-0.1, -0.05) is 24.3 Å². The van der Waals surface area contributed by atoms with Crippen LogP contribution in [0.25, 0.3) is 0 Å². The zero-order valence-electron chi connectivity index (χ0n) is 16.4. The third-order valence-corrected chi connectivity index (χ3v) is 4.62. The minimum absolute atomic E-state index is 0.0724. The lowest BCUT2D eigenvalue weighted by atomic mass is 10.1. The first-order valence-electron chi connectivity index (χ1n) is 9.63. The summed E-state index contributed by atoms with van der Waals surface area (Å²) in [5, 5.41) is 9.06. The van der Waals surface area contributed by atoms with Gasteiger partial charge in [0.05, 0.1) is 12.5 Å². The summed E-state index contributed by atoms with van der Waals surface area (Å²) in [4.78, 5) is 24.6. The van der Waals surface area contributed by atoms with Crippen LogP contribution in [0.3, 0.4) is 0 Å². The lowest BCUT2D eigenvalue weighted by Gasteiger charge is -2.16. The van der Waals surface area contributed by atoms with Gasteiger partial charge in [-0.25, -0.2) is 0 Å². The van der Waals surface area contributed by atoms with Crippen LogP contribution < -0.4 is 14.2 Å². The summed E-state index contributed by atoms with van der Waals surface area (Å²) in [6, 6.07) is 14.9. The second-order valence-corrected chi connectivity index (χ2v) is 6.73. The largest absolute Gasteiger partial charge is 0.490 e. The molecule has 0 aromatic heterocycles. The molecule has 154 valence electrons. The summed E-state index contributed by atoms with van der Waals surface area (Å²) in [6.45, 7) is 3.92. The minimum atomic E-state index is -0.921. The van der Waals surface area contributed by atoms with Crippen molar-refractivity contribution in [3.63, 3.8) is 0 Å². The van der Waals surface area contributed by atoms with E-state index in [0.717, 1.165) is 5.56 Å². The number of nitrogens with zero attached hydrogens (tertiary/aromatic N) is 1. The quantitative estimate of drug-likeness (QED) is 0.618. The van der Waals surface area contributed by atoms with Crippen LogP contribution in [-0.2, 0) is 16.1 Å². The van der Waals surface area contributed by atoms with Crippen LogP contribution in [0.15, 0.2) is 48.5 Å². The Morgan fingerprint density at radius 3 is 2.31 bits per heavy atom. The molecule has 7 nitrogen and oxygen atoms in total. The molecule has 2 aromatic carbocycles. The number of hydrogen-bond acceptors (Lipinski definition) is 5. The molecule has 1 unspecified atom stereocenters. The number of benzene rings is 2. The summed E-state index contributed by atoms with van der Waals surface area (Å²) in [5.41, 5.74) is 0.929. The fourth-order valence-corrected chi connectivity index (χ4v) is 3.16. The molecule has 1 N–H and O–H groups in total. The maximum atomic E-state index is 11.9. The van der Waals surface area contributed by atoms with Crippen LogP contribution in [0.1, 0.15) is 18.9 Å². The second-order valence-electron chi connectivity index (χ2n) is 6.73. The lowest BCUT2D eigenvalue weighted by Crippen LogP contribution is -2.25. The van der Waals surface area contributed by atoms with E-state index in [4.69, 9.17) is 19.3 Å². The maximum Gasteiger partial charge on any atom is 0.308 e. The maximum absolute atomic E-state index is 11.9. The minimum Gasteiger partial charge on any atom is -0.490 e. The van der Waals surface area contributed by atoms with Crippen molar-refractivity contribution in [2.24, 2.45) is 5.92 Å². The van der Waals surface area contributed by atoms with E-state index in [0.29, 0.717) is 43.6 Å². The molecule has 1 fully saturated rings. The van der Waals surface area contributed by atoms with Gasteiger partial charge in [-0.2, -0.15) is 0 Å². The number of rotatable bonds is 10. The van der Waals surface area contributed by atoms with Gasteiger partial charge >= 0.3 is 5.97 Å². The molecule has 0 spiro atoms. The highest BCUT2D eigenvalue weighted by Crippen LogP contribution is 2.26. The Hall–Kier alpha value is -3.22. The number of carboxylic acid groups (broad SMARTS) is 1. The highest BCUT2D eigenvalue weighted by atomic mass is 16.5. The predicted octanol–water partition coefficient (Wildman–Crippen LogP) is 2.98. The van der Waals surface area contributed by atoms with E-state index in [1.165, 1.54) is 0 Å². The number of carboxylic acids is 1. The average molecular weight is 399 g/mol. The molecule has 7 heteroatoms. The van der Waals surface area contributed by atoms with Gasteiger partial charge in [0.1, 0.15) is 19.0 Å². The van der Waals surface area contributed by atoms with Gasteiger partial charge in [0.15, 0.2) is 11.5 Å². The Morgan fingerprint density at radius 1 is 1.03 bits per heavy atom. The molecule has 0 saturated carbocycles. The second kappa shape index (κ2) is 9.82. The standard InChI is InChI=1S/C22H25NO6/c1-2-27-19-5-3-4-6-20(19)29-12-11-28-18-9-7-16(8-10-18)14-23-15-17(22(25)26)13-21(23)24/h3-10,17H,2,11-15H2,1H3,(H,25,26). The highest BCUT2D eigenvalue weighted by Gasteiger charge is 2.33. The van der Waals surface area contributed by atoms with Gasteiger partial charge < -0.3 is 24.2 Å². The topological polar surface area (TPSA) is 85.3 Å². The van der Waals surface area contributed by atoms with Crippen molar-refractivity contribution in [2.75, 3.05) is 26.4 Å². The molecular weight excluding hydrogens is 374 g/mol. The number of ether oxygens (including phenoxy) is 3. The summed E-state index contributed by atoms with van der Waals surface area (Å²) < 4.78 is 16.9. The molecule has 2 aromatic rings. The number of para-hydroxylation sites is 2. The average Bonchev–Trinajstić information content (AvgIpc) is 3.08.